The minimum absolute atomic E-state index is 0.183. The molecule has 2 heterocycles. The molecule has 0 bridgehead atoms. The Morgan fingerprint density at radius 1 is 1.08 bits per heavy atom. The molecule has 1 amide bonds. The third kappa shape index (κ3) is 3.58. The molecule has 1 fully saturated rings. The fraction of sp³-hybridized carbons (Fsp3) is 0.350. The van der Waals surface area contributed by atoms with E-state index in [-0.39, 0.29) is 12.5 Å². The number of carbonyl (C=O) groups is 1. The van der Waals surface area contributed by atoms with Crippen LogP contribution in [0.15, 0.2) is 42.5 Å². The summed E-state index contributed by atoms with van der Waals surface area (Å²) in [6.07, 6.45) is 2.87. The van der Waals surface area contributed by atoms with Gasteiger partial charge in [0.25, 0.3) is 5.91 Å². The minimum Gasteiger partial charge on any atom is -0.485 e. The van der Waals surface area contributed by atoms with Gasteiger partial charge in [0.15, 0.2) is 11.5 Å². The second kappa shape index (κ2) is 7.46. The van der Waals surface area contributed by atoms with Crippen molar-refractivity contribution in [2.75, 3.05) is 29.9 Å². The smallest absolute Gasteiger partial charge is 0.269 e. The lowest BCUT2D eigenvalue weighted by Gasteiger charge is -2.31. The number of halogens is 1. The highest BCUT2D eigenvalue weighted by atomic mass is 35.5. The molecule has 136 valence electrons. The maximum absolute atomic E-state index is 12.7. The van der Waals surface area contributed by atoms with Crippen LogP contribution in [0.1, 0.15) is 19.3 Å². The largest absolute Gasteiger partial charge is 0.485 e. The summed E-state index contributed by atoms with van der Waals surface area (Å²) < 4.78 is 11.4. The van der Waals surface area contributed by atoms with Crippen LogP contribution in [0, 0.1) is 0 Å². The highest BCUT2D eigenvalue weighted by Crippen LogP contribution is 2.33. The number of rotatable bonds is 3. The van der Waals surface area contributed by atoms with Gasteiger partial charge in [0.2, 0.25) is 6.10 Å². The van der Waals surface area contributed by atoms with E-state index in [1.54, 1.807) is 12.1 Å². The molecule has 6 heteroatoms. The van der Waals surface area contributed by atoms with Crippen molar-refractivity contribution in [3.8, 4) is 11.5 Å². The number of nitrogens with one attached hydrogen (secondary N) is 1. The molecule has 0 aromatic heterocycles. The van der Waals surface area contributed by atoms with E-state index in [0.29, 0.717) is 22.2 Å². The van der Waals surface area contributed by atoms with E-state index in [0.717, 1.165) is 31.6 Å². The number of piperidine rings is 1. The Morgan fingerprint density at radius 2 is 1.85 bits per heavy atom. The fourth-order valence-electron chi connectivity index (χ4n) is 3.38. The first-order valence-corrected chi connectivity index (χ1v) is 9.32. The number of benzene rings is 2. The predicted molar refractivity (Wildman–Crippen MR) is 102 cm³/mol. The number of para-hydroxylation sites is 2. The molecule has 0 spiro atoms. The SMILES string of the molecule is O=C(Nc1cc(Cl)ccc1N1CCCCC1)C1COc2ccccc2O1. The lowest BCUT2D eigenvalue weighted by molar-refractivity contribution is -0.125. The van der Waals surface area contributed by atoms with Crippen molar-refractivity contribution in [3.63, 3.8) is 0 Å². The van der Waals surface area contributed by atoms with Gasteiger partial charge in [0.1, 0.15) is 6.61 Å². The number of fused-ring (bicyclic) bond motifs is 1. The molecule has 4 rings (SSSR count). The van der Waals surface area contributed by atoms with Crippen molar-refractivity contribution in [1.82, 2.24) is 0 Å². The average Bonchev–Trinajstić information content (AvgIpc) is 2.68. The van der Waals surface area contributed by atoms with Gasteiger partial charge in [-0.3, -0.25) is 4.79 Å². The molecule has 26 heavy (non-hydrogen) atoms. The van der Waals surface area contributed by atoms with E-state index < -0.39 is 6.10 Å². The monoisotopic (exact) mass is 372 g/mol. The van der Waals surface area contributed by atoms with E-state index >= 15 is 0 Å². The van der Waals surface area contributed by atoms with Gasteiger partial charge in [-0.1, -0.05) is 23.7 Å². The molecule has 0 radical (unpaired) electrons. The molecule has 1 unspecified atom stereocenters. The zero-order valence-corrected chi connectivity index (χ0v) is 15.2. The zero-order chi connectivity index (χ0) is 17.9. The highest BCUT2D eigenvalue weighted by Gasteiger charge is 2.28. The highest BCUT2D eigenvalue weighted by molar-refractivity contribution is 6.31. The molecule has 1 N–H and O–H groups in total. The molecule has 0 saturated carbocycles. The van der Waals surface area contributed by atoms with Gasteiger partial charge in [-0.25, -0.2) is 0 Å². The number of amides is 1. The standard InChI is InChI=1S/C20H21ClN2O3/c21-14-8-9-16(23-10-4-1-5-11-23)15(12-14)22-20(24)19-13-25-17-6-2-3-7-18(17)26-19/h2-3,6-9,12,19H,1,4-5,10-11,13H2,(H,22,24). The number of nitrogens with zero attached hydrogens (tertiary/aromatic N) is 1. The molecule has 5 nitrogen and oxygen atoms in total. The average molecular weight is 373 g/mol. The number of anilines is 2. The molecule has 2 aromatic carbocycles. The maximum Gasteiger partial charge on any atom is 0.269 e. The van der Waals surface area contributed by atoms with E-state index in [1.165, 1.54) is 6.42 Å². The summed E-state index contributed by atoms with van der Waals surface area (Å²) in [4.78, 5) is 15.0. The van der Waals surface area contributed by atoms with E-state index in [4.69, 9.17) is 21.1 Å². The Balaban J connectivity index is 1.52. The number of carbonyl (C=O) groups excluding carboxylic acids is 1. The van der Waals surface area contributed by atoms with Gasteiger partial charge in [-0.2, -0.15) is 0 Å². The zero-order valence-electron chi connectivity index (χ0n) is 14.4. The topological polar surface area (TPSA) is 50.8 Å². The summed E-state index contributed by atoms with van der Waals surface area (Å²) in [6.45, 7) is 2.16. The Morgan fingerprint density at radius 3 is 2.65 bits per heavy atom. The summed E-state index contributed by atoms with van der Waals surface area (Å²) in [5.74, 6) is 1.01. The van der Waals surface area contributed by atoms with Gasteiger partial charge < -0.3 is 19.7 Å². The van der Waals surface area contributed by atoms with Crippen molar-refractivity contribution >= 4 is 28.9 Å². The summed E-state index contributed by atoms with van der Waals surface area (Å²) in [5, 5.41) is 3.57. The third-order valence-electron chi connectivity index (χ3n) is 4.71. The van der Waals surface area contributed by atoms with Gasteiger partial charge in [0.05, 0.1) is 11.4 Å². The van der Waals surface area contributed by atoms with Gasteiger partial charge >= 0.3 is 0 Å². The Kier molecular flexibility index (Phi) is 4.89. The van der Waals surface area contributed by atoms with Crippen LogP contribution in [0.3, 0.4) is 0 Å². The number of hydrogen-bond acceptors (Lipinski definition) is 4. The van der Waals surface area contributed by atoms with Crippen LogP contribution in [0.4, 0.5) is 11.4 Å². The molecule has 1 saturated heterocycles. The van der Waals surface area contributed by atoms with Gasteiger partial charge in [-0.05, 0) is 49.6 Å². The van der Waals surface area contributed by atoms with Crippen LogP contribution in [0.2, 0.25) is 5.02 Å². The first-order valence-electron chi connectivity index (χ1n) is 8.94. The number of hydrogen-bond donors (Lipinski definition) is 1. The van der Waals surface area contributed by atoms with Crippen molar-refractivity contribution in [2.45, 2.75) is 25.4 Å². The van der Waals surface area contributed by atoms with Crippen LogP contribution in [0.5, 0.6) is 11.5 Å². The molecule has 2 aliphatic rings. The maximum atomic E-state index is 12.7. The lowest BCUT2D eigenvalue weighted by atomic mass is 10.1. The first kappa shape index (κ1) is 17.0. The van der Waals surface area contributed by atoms with Gasteiger partial charge in [0, 0.05) is 18.1 Å². The fourth-order valence-corrected chi connectivity index (χ4v) is 3.55. The molecule has 1 atom stereocenters. The molecular weight excluding hydrogens is 352 g/mol. The summed E-state index contributed by atoms with van der Waals surface area (Å²) >= 11 is 6.17. The Hall–Kier alpha value is -2.40. The van der Waals surface area contributed by atoms with Crippen molar-refractivity contribution < 1.29 is 14.3 Å². The lowest BCUT2D eigenvalue weighted by Crippen LogP contribution is -2.40. The van der Waals surface area contributed by atoms with Crippen LogP contribution >= 0.6 is 11.6 Å². The summed E-state index contributed by atoms with van der Waals surface area (Å²) in [7, 11) is 0. The summed E-state index contributed by atoms with van der Waals surface area (Å²) in [5.41, 5.74) is 1.71. The van der Waals surface area contributed by atoms with Crippen LogP contribution in [-0.2, 0) is 4.79 Å². The predicted octanol–water partition coefficient (Wildman–Crippen LogP) is 4.11. The van der Waals surface area contributed by atoms with E-state index in [2.05, 4.69) is 10.2 Å². The molecular formula is C20H21ClN2O3. The Bertz CT molecular complexity index is 805. The molecule has 0 aliphatic carbocycles. The first-order chi connectivity index (χ1) is 12.7. The molecule has 2 aromatic rings. The summed E-state index contributed by atoms with van der Waals surface area (Å²) in [6, 6.07) is 13.0. The van der Waals surface area contributed by atoms with Crippen LogP contribution < -0.4 is 19.7 Å². The van der Waals surface area contributed by atoms with Crippen LogP contribution in [0.25, 0.3) is 0 Å². The molecule has 2 aliphatic heterocycles. The normalized spacial score (nSPS) is 19.1. The minimum atomic E-state index is -0.696. The van der Waals surface area contributed by atoms with Crippen LogP contribution in [-0.4, -0.2) is 31.7 Å². The van der Waals surface area contributed by atoms with Crippen molar-refractivity contribution in [3.05, 3.63) is 47.5 Å². The van der Waals surface area contributed by atoms with Crippen molar-refractivity contribution in [2.24, 2.45) is 0 Å². The van der Waals surface area contributed by atoms with E-state index in [9.17, 15) is 4.79 Å². The quantitative estimate of drug-likeness (QED) is 0.880. The van der Waals surface area contributed by atoms with E-state index in [1.807, 2.05) is 30.3 Å². The second-order valence-corrected chi connectivity index (χ2v) is 7.00. The number of ether oxygens (including phenoxy) is 2. The third-order valence-corrected chi connectivity index (χ3v) is 4.95. The van der Waals surface area contributed by atoms with Crippen molar-refractivity contribution in [1.29, 1.82) is 0 Å². The second-order valence-electron chi connectivity index (χ2n) is 6.56. The Labute approximate surface area is 157 Å². The van der Waals surface area contributed by atoms with Gasteiger partial charge in [-0.15, -0.1) is 0 Å².